The van der Waals surface area contributed by atoms with Gasteiger partial charge in [-0.15, -0.1) is 0 Å². The van der Waals surface area contributed by atoms with Crippen molar-refractivity contribution in [2.24, 2.45) is 0 Å². The Labute approximate surface area is 118 Å². The standard InChI is InChI=1S/C17H29NO/c1-3-14-18-17(16-11-7-5-8-12-16)13-9-6-10-15-19-4-2/h5,7-8,11-12,17-18H,3-4,6,9-10,13-15H2,1-2H3. The van der Waals surface area contributed by atoms with Crippen molar-refractivity contribution in [3.8, 4) is 0 Å². The molecule has 0 amide bonds. The van der Waals surface area contributed by atoms with E-state index < -0.39 is 0 Å². The second kappa shape index (κ2) is 11.0. The van der Waals surface area contributed by atoms with Crippen LogP contribution in [0, 0.1) is 0 Å². The van der Waals surface area contributed by atoms with Crippen LogP contribution in [0.2, 0.25) is 0 Å². The van der Waals surface area contributed by atoms with E-state index in [0.29, 0.717) is 6.04 Å². The molecule has 0 spiro atoms. The van der Waals surface area contributed by atoms with Gasteiger partial charge in [0.15, 0.2) is 0 Å². The van der Waals surface area contributed by atoms with E-state index in [4.69, 9.17) is 4.74 Å². The molecule has 108 valence electrons. The Kier molecular flexibility index (Phi) is 9.38. The molecule has 0 aliphatic heterocycles. The van der Waals surface area contributed by atoms with Crippen LogP contribution in [-0.2, 0) is 4.74 Å². The minimum Gasteiger partial charge on any atom is -0.382 e. The number of benzene rings is 1. The predicted molar refractivity (Wildman–Crippen MR) is 82.4 cm³/mol. The summed E-state index contributed by atoms with van der Waals surface area (Å²) in [6.45, 7) is 7.12. The van der Waals surface area contributed by atoms with Crippen molar-refractivity contribution >= 4 is 0 Å². The van der Waals surface area contributed by atoms with Crippen molar-refractivity contribution in [2.75, 3.05) is 19.8 Å². The molecule has 0 aliphatic rings. The minimum absolute atomic E-state index is 0.508. The second-order valence-electron chi connectivity index (χ2n) is 4.96. The van der Waals surface area contributed by atoms with Gasteiger partial charge in [-0.3, -0.25) is 0 Å². The summed E-state index contributed by atoms with van der Waals surface area (Å²) in [7, 11) is 0. The summed E-state index contributed by atoms with van der Waals surface area (Å²) in [5.74, 6) is 0. The Morgan fingerprint density at radius 2 is 1.84 bits per heavy atom. The maximum Gasteiger partial charge on any atom is 0.0465 e. The van der Waals surface area contributed by atoms with Gasteiger partial charge in [-0.2, -0.15) is 0 Å². The average Bonchev–Trinajstić information content (AvgIpc) is 2.46. The van der Waals surface area contributed by atoms with Crippen molar-refractivity contribution in [1.29, 1.82) is 0 Å². The summed E-state index contributed by atoms with van der Waals surface area (Å²) >= 11 is 0. The molecule has 2 heteroatoms. The van der Waals surface area contributed by atoms with Gasteiger partial charge >= 0.3 is 0 Å². The van der Waals surface area contributed by atoms with Gasteiger partial charge in [0.25, 0.3) is 0 Å². The molecule has 0 saturated heterocycles. The highest BCUT2D eigenvalue weighted by atomic mass is 16.5. The van der Waals surface area contributed by atoms with Crippen molar-refractivity contribution in [1.82, 2.24) is 5.32 Å². The molecule has 1 aromatic carbocycles. The van der Waals surface area contributed by atoms with Crippen LogP contribution in [0.25, 0.3) is 0 Å². The molecule has 1 atom stereocenters. The summed E-state index contributed by atoms with van der Waals surface area (Å²) in [6, 6.07) is 11.3. The quantitative estimate of drug-likeness (QED) is 0.600. The van der Waals surface area contributed by atoms with Crippen molar-refractivity contribution in [2.45, 2.75) is 52.0 Å². The highest BCUT2D eigenvalue weighted by Crippen LogP contribution is 2.19. The summed E-state index contributed by atoms with van der Waals surface area (Å²) in [5, 5.41) is 3.66. The molecule has 2 nitrogen and oxygen atoms in total. The molecule has 0 saturated carbocycles. The third-order valence-corrected chi connectivity index (χ3v) is 3.33. The van der Waals surface area contributed by atoms with Gasteiger partial charge in [0, 0.05) is 19.3 Å². The van der Waals surface area contributed by atoms with E-state index in [0.717, 1.165) is 19.8 Å². The van der Waals surface area contributed by atoms with E-state index in [9.17, 15) is 0 Å². The normalized spacial score (nSPS) is 12.5. The minimum atomic E-state index is 0.508. The van der Waals surface area contributed by atoms with Gasteiger partial charge < -0.3 is 10.1 Å². The van der Waals surface area contributed by atoms with Crippen LogP contribution < -0.4 is 5.32 Å². The molecule has 0 radical (unpaired) electrons. The first-order valence-electron chi connectivity index (χ1n) is 7.74. The fraction of sp³-hybridized carbons (Fsp3) is 0.647. The zero-order valence-electron chi connectivity index (χ0n) is 12.5. The summed E-state index contributed by atoms with van der Waals surface area (Å²) in [5.41, 5.74) is 1.42. The first-order chi connectivity index (χ1) is 9.38. The largest absolute Gasteiger partial charge is 0.382 e. The lowest BCUT2D eigenvalue weighted by molar-refractivity contribution is 0.142. The molecule has 1 unspecified atom stereocenters. The number of hydrogen-bond acceptors (Lipinski definition) is 2. The smallest absolute Gasteiger partial charge is 0.0465 e. The van der Waals surface area contributed by atoms with Crippen LogP contribution >= 0.6 is 0 Å². The lowest BCUT2D eigenvalue weighted by Gasteiger charge is -2.19. The number of hydrogen-bond donors (Lipinski definition) is 1. The maximum atomic E-state index is 5.37. The first kappa shape index (κ1) is 16.2. The highest BCUT2D eigenvalue weighted by Gasteiger charge is 2.09. The Hall–Kier alpha value is -0.860. The fourth-order valence-electron chi connectivity index (χ4n) is 2.26. The van der Waals surface area contributed by atoms with Gasteiger partial charge in [0.05, 0.1) is 0 Å². The number of unbranched alkanes of at least 4 members (excludes halogenated alkanes) is 2. The van der Waals surface area contributed by atoms with Gasteiger partial charge in [-0.1, -0.05) is 50.1 Å². The number of nitrogens with one attached hydrogen (secondary N) is 1. The molecule has 19 heavy (non-hydrogen) atoms. The van der Waals surface area contributed by atoms with Gasteiger partial charge in [-0.05, 0) is 38.3 Å². The van der Waals surface area contributed by atoms with Crippen molar-refractivity contribution < 1.29 is 4.74 Å². The van der Waals surface area contributed by atoms with Crippen LogP contribution in [0.5, 0.6) is 0 Å². The van der Waals surface area contributed by atoms with E-state index in [1.165, 1.54) is 37.7 Å². The number of ether oxygens (including phenoxy) is 1. The van der Waals surface area contributed by atoms with Crippen LogP contribution in [0.15, 0.2) is 30.3 Å². The van der Waals surface area contributed by atoms with E-state index in [1.54, 1.807) is 0 Å². The van der Waals surface area contributed by atoms with Crippen LogP contribution in [0.4, 0.5) is 0 Å². The SMILES string of the molecule is CCCNC(CCCCCOCC)c1ccccc1. The van der Waals surface area contributed by atoms with Crippen LogP contribution in [0.1, 0.15) is 57.6 Å². The summed E-state index contributed by atoms with van der Waals surface area (Å²) in [6.07, 6.45) is 6.12. The van der Waals surface area contributed by atoms with Gasteiger partial charge in [0.2, 0.25) is 0 Å². The zero-order valence-corrected chi connectivity index (χ0v) is 12.5. The second-order valence-corrected chi connectivity index (χ2v) is 4.96. The average molecular weight is 263 g/mol. The highest BCUT2D eigenvalue weighted by molar-refractivity contribution is 5.18. The molecule has 1 rings (SSSR count). The topological polar surface area (TPSA) is 21.3 Å². The maximum absolute atomic E-state index is 5.37. The Morgan fingerprint density at radius 3 is 2.53 bits per heavy atom. The fourth-order valence-corrected chi connectivity index (χ4v) is 2.26. The summed E-state index contributed by atoms with van der Waals surface area (Å²) < 4.78 is 5.37. The van der Waals surface area contributed by atoms with E-state index in [2.05, 4.69) is 49.5 Å². The molecule has 0 aromatic heterocycles. The van der Waals surface area contributed by atoms with E-state index in [-0.39, 0.29) is 0 Å². The van der Waals surface area contributed by atoms with Crippen LogP contribution in [0.3, 0.4) is 0 Å². The lowest BCUT2D eigenvalue weighted by atomic mass is 10.0. The van der Waals surface area contributed by atoms with E-state index in [1.807, 2.05) is 0 Å². The predicted octanol–water partition coefficient (Wildman–Crippen LogP) is 4.32. The van der Waals surface area contributed by atoms with Gasteiger partial charge in [0.1, 0.15) is 0 Å². The molecule has 0 heterocycles. The van der Waals surface area contributed by atoms with E-state index >= 15 is 0 Å². The molecule has 0 bridgehead atoms. The molecular weight excluding hydrogens is 234 g/mol. The Morgan fingerprint density at radius 1 is 1.05 bits per heavy atom. The Bertz CT molecular complexity index is 299. The third kappa shape index (κ3) is 7.34. The van der Waals surface area contributed by atoms with Crippen LogP contribution in [-0.4, -0.2) is 19.8 Å². The third-order valence-electron chi connectivity index (χ3n) is 3.33. The summed E-state index contributed by atoms with van der Waals surface area (Å²) in [4.78, 5) is 0. The first-order valence-corrected chi connectivity index (χ1v) is 7.74. The molecule has 1 N–H and O–H groups in total. The van der Waals surface area contributed by atoms with Gasteiger partial charge in [-0.25, -0.2) is 0 Å². The monoisotopic (exact) mass is 263 g/mol. The zero-order chi connectivity index (χ0) is 13.8. The molecule has 1 aromatic rings. The number of rotatable bonds is 11. The van der Waals surface area contributed by atoms with Crippen molar-refractivity contribution in [3.05, 3.63) is 35.9 Å². The lowest BCUT2D eigenvalue weighted by Crippen LogP contribution is -2.22. The Balaban J connectivity index is 2.30. The molecule has 0 fully saturated rings. The molecule has 0 aliphatic carbocycles. The van der Waals surface area contributed by atoms with Crippen molar-refractivity contribution in [3.63, 3.8) is 0 Å². The molecular formula is C17H29NO.